The van der Waals surface area contributed by atoms with Gasteiger partial charge in [0.25, 0.3) is 0 Å². The van der Waals surface area contributed by atoms with E-state index in [9.17, 15) is 15.0 Å². The number of ether oxygens (including phenoxy) is 1. The maximum atomic E-state index is 12.2. The number of aliphatic hydroxyl groups is 2. The molecule has 9 atom stereocenters. The molecule has 1 aliphatic heterocycles. The Hall–Kier alpha value is -0.970. The third-order valence-corrected chi connectivity index (χ3v) is 10.5. The molecule has 2 N–H and O–H groups in total. The van der Waals surface area contributed by atoms with Crippen LogP contribution in [0.3, 0.4) is 0 Å². The fourth-order valence-corrected chi connectivity index (χ4v) is 8.65. The zero-order chi connectivity index (χ0) is 22.2. The summed E-state index contributed by atoms with van der Waals surface area (Å²) in [5, 5.41) is 23.1. The highest BCUT2D eigenvalue weighted by Crippen LogP contribution is 2.68. The average molecular weight is 429 g/mol. The first kappa shape index (κ1) is 21.9. The number of hydrogen-bond donors (Lipinski definition) is 2. The highest BCUT2D eigenvalue weighted by Gasteiger charge is 2.66. The van der Waals surface area contributed by atoms with Gasteiger partial charge >= 0.3 is 0 Å². The third kappa shape index (κ3) is 3.00. The summed E-state index contributed by atoms with van der Waals surface area (Å²) >= 11 is 0. The van der Waals surface area contributed by atoms with Crippen molar-refractivity contribution in [2.45, 2.75) is 97.1 Å². The molecule has 5 aliphatic rings. The van der Waals surface area contributed by atoms with Crippen molar-refractivity contribution in [2.24, 2.45) is 40.4 Å². The lowest BCUT2D eigenvalue weighted by Crippen LogP contribution is -2.60. The Morgan fingerprint density at radius 2 is 1.77 bits per heavy atom. The summed E-state index contributed by atoms with van der Waals surface area (Å²) in [5.74, 6) is 1.89. The van der Waals surface area contributed by atoms with E-state index in [1.165, 1.54) is 5.57 Å². The van der Waals surface area contributed by atoms with Gasteiger partial charge in [-0.05, 0) is 92.6 Å². The van der Waals surface area contributed by atoms with Gasteiger partial charge in [-0.3, -0.25) is 4.79 Å². The second-order valence-electron chi connectivity index (χ2n) is 12.0. The van der Waals surface area contributed by atoms with Crippen molar-refractivity contribution in [3.05, 3.63) is 23.8 Å². The molecule has 0 aromatic carbocycles. The summed E-state index contributed by atoms with van der Waals surface area (Å²) < 4.78 is 6.01. The second kappa shape index (κ2) is 7.27. The zero-order valence-corrected chi connectivity index (χ0v) is 19.6. The summed E-state index contributed by atoms with van der Waals surface area (Å²) in [6.45, 7) is 8.91. The van der Waals surface area contributed by atoms with Crippen molar-refractivity contribution in [1.29, 1.82) is 0 Å². The largest absolute Gasteiger partial charge is 0.389 e. The van der Waals surface area contributed by atoms with E-state index < -0.39 is 11.9 Å². The molecule has 0 spiro atoms. The molecule has 1 saturated heterocycles. The molecule has 5 rings (SSSR count). The number of hydrogen-bond acceptors (Lipinski definition) is 4. The molecule has 0 bridgehead atoms. The fourth-order valence-electron chi connectivity index (χ4n) is 8.65. The van der Waals surface area contributed by atoms with Crippen LogP contribution in [0.25, 0.3) is 0 Å². The molecule has 1 heterocycles. The van der Waals surface area contributed by atoms with Gasteiger partial charge in [0, 0.05) is 11.3 Å². The number of aliphatic hydroxyl groups excluding tert-OH is 1. The van der Waals surface area contributed by atoms with Crippen LogP contribution >= 0.6 is 0 Å². The van der Waals surface area contributed by atoms with Crippen molar-refractivity contribution < 1.29 is 19.7 Å². The molecule has 0 aromatic rings. The minimum Gasteiger partial charge on any atom is -0.389 e. The highest BCUT2D eigenvalue weighted by molar-refractivity contribution is 6.01. The molecular formula is C27H40O4. The Balaban J connectivity index is 1.41. The molecule has 0 amide bonds. The van der Waals surface area contributed by atoms with Crippen molar-refractivity contribution >= 4 is 5.78 Å². The van der Waals surface area contributed by atoms with Crippen molar-refractivity contribution in [3.8, 4) is 0 Å². The maximum Gasteiger partial charge on any atom is 0.178 e. The van der Waals surface area contributed by atoms with Crippen LogP contribution in [-0.2, 0) is 9.53 Å². The van der Waals surface area contributed by atoms with Crippen LogP contribution in [0.2, 0.25) is 0 Å². The van der Waals surface area contributed by atoms with Crippen LogP contribution in [-0.4, -0.2) is 34.0 Å². The first-order valence-corrected chi connectivity index (χ1v) is 12.6. The van der Waals surface area contributed by atoms with Gasteiger partial charge in [-0.15, -0.1) is 0 Å². The first-order valence-electron chi connectivity index (χ1n) is 12.6. The minimum atomic E-state index is -0.870. The van der Waals surface area contributed by atoms with E-state index in [0.29, 0.717) is 23.7 Å². The average Bonchev–Trinajstić information content (AvgIpc) is 3.00. The predicted molar refractivity (Wildman–Crippen MR) is 120 cm³/mol. The topological polar surface area (TPSA) is 66.8 Å². The van der Waals surface area contributed by atoms with Gasteiger partial charge in [0.15, 0.2) is 12.1 Å². The summed E-state index contributed by atoms with van der Waals surface area (Å²) in [5.41, 5.74) is 0.254. The van der Waals surface area contributed by atoms with Gasteiger partial charge in [-0.1, -0.05) is 39.3 Å². The van der Waals surface area contributed by atoms with Gasteiger partial charge < -0.3 is 14.9 Å². The Bertz CT molecular complexity index is 814. The molecule has 3 saturated carbocycles. The molecule has 31 heavy (non-hydrogen) atoms. The van der Waals surface area contributed by atoms with Crippen LogP contribution in [0.4, 0.5) is 0 Å². The molecule has 0 aromatic heterocycles. The number of fused-ring (bicyclic) bond motifs is 5. The number of carbonyl (C=O) groups excluding carboxylic acids is 1. The third-order valence-electron chi connectivity index (χ3n) is 10.5. The molecule has 4 aliphatic carbocycles. The number of ketones is 1. The standard InChI is InChI=1S/C27H40O4/c1-16(2)23-8-7-22(24(29)31-23)27(30)14-11-21-19-6-5-17-15-18(28)9-12-25(17,3)20(19)10-13-26(21,27)4/h9,12,15-16,19-24,29-30H,5-8,10-11,13-14H2,1-4H3/t19?,20?,21?,22-,23+,24+,25-,26-,27-/m0/s1. The Morgan fingerprint density at radius 3 is 2.48 bits per heavy atom. The predicted octanol–water partition coefficient (Wildman–Crippen LogP) is 4.80. The highest BCUT2D eigenvalue weighted by atomic mass is 16.6. The Kier molecular flexibility index (Phi) is 5.12. The minimum absolute atomic E-state index is 0.0171. The zero-order valence-electron chi connectivity index (χ0n) is 19.6. The van der Waals surface area contributed by atoms with E-state index in [4.69, 9.17) is 4.74 Å². The van der Waals surface area contributed by atoms with Crippen LogP contribution < -0.4 is 0 Å². The van der Waals surface area contributed by atoms with E-state index >= 15 is 0 Å². The molecule has 172 valence electrons. The lowest BCUT2D eigenvalue weighted by Gasteiger charge is -2.59. The van der Waals surface area contributed by atoms with E-state index in [1.54, 1.807) is 6.08 Å². The second-order valence-corrected chi connectivity index (χ2v) is 12.0. The van der Waals surface area contributed by atoms with Gasteiger partial charge in [0.2, 0.25) is 0 Å². The molecular weight excluding hydrogens is 388 g/mol. The number of carbonyl (C=O) groups is 1. The molecule has 3 unspecified atom stereocenters. The van der Waals surface area contributed by atoms with Crippen LogP contribution in [0.1, 0.15) is 79.1 Å². The van der Waals surface area contributed by atoms with Crippen molar-refractivity contribution in [2.75, 3.05) is 0 Å². The summed E-state index contributed by atoms with van der Waals surface area (Å²) in [6, 6.07) is 0. The van der Waals surface area contributed by atoms with Crippen LogP contribution in [0, 0.1) is 40.4 Å². The van der Waals surface area contributed by atoms with Gasteiger partial charge in [0.05, 0.1) is 11.7 Å². The van der Waals surface area contributed by atoms with Gasteiger partial charge in [0.1, 0.15) is 0 Å². The van der Waals surface area contributed by atoms with Gasteiger partial charge in [-0.2, -0.15) is 0 Å². The van der Waals surface area contributed by atoms with Crippen molar-refractivity contribution in [1.82, 2.24) is 0 Å². The van der Waals surface area contributed by atoms with E-state index in [2.05, 4.69) is 33.8 Å². The number of rotatable bonds is 2. The van der Waals surface area contributed by atoms with Crippen molar-refractivity contribution in [3.63, 3.8) is 0 Å². The van der Waals surface area contributed by atoms with E-state index in [1.807, 2.05) is 6.08 Å². The summed E-state index contributed by atoms with van der Waals surface area (Å²) in [4.78, 5) is 12.0. The molecule has 4 fully saturated rings. The Morgan fingerprint density at radius 1 is 1.03 bits per heavy atom. The van der Waals surface area contributed by atoms with Crippen LogP contribution in [0.15, 0.2) is 23.8 Å². The van der Waals surface area contributed by atoms with Crippen LogP contribution in [0.5, 0.6) is 0 Å². The van der Waals surface area contributed by atoms with E-state index in [0.717, 1.165) is 51.4 Å². The first-order chi connectivity index (χ1) is 14.6. The lowest BCUT2D eigenvalue weighted by atomic mass is 9.46. The number of allylic oxidation sites excluding steroid dienone is 4. The maximum absolute atomic E-state index is 12.2. The molecule has 4 heteroatoms. The quantitative estimate of drug-likeness (QED) is 0.663. The summed E-state index contributed by atoms with van der Waals surface area (Å²) in [7, 11) is 0. The van der Waals surface area contributed by atoms with Gasteiger partial charge in [-0.25, -0.2) is 0 Å². The normalized spacial score (nSPS) is 51.8. The smallest absolute Gasteiger partial charge is 0.178 e. The fraction of sp³-hybridized carbons (Fsp3) is 0.815. The monoisotopic (exact) mass is 428 g/mol. The lowest BCUT2D eigenvalue weighted by molar-refractivity contribution is -0.265. The Labute approximate surface area is 187 Å². The SMILES string of the molecule is CC(C)[C@H]1CC[C@H]([C@@]2(O)CCC3C4CCC5=CC(=O)C=C[C@]5(C)C4CC[C@@]32C)[C@H](O)O1. The van der Waals surface area contributed by atoms with E-state index in [-0.39, 0.29) is 28.6 Å². The molecule has 0 radical (unpaired) electrons. The summed E-state index contributed by atoms with van der Waals surface area (Å²) in [6.07, 6.45) is 12.8. The molecule has 4 nitrogen and oxygen atoms in total.